The molecule has 59 valence electrons. The molecular weight excluding hydrogens is 134 g/mol. The first-order chi connectivity index (χ1) is 5.18. The molecule has 0 unspecified atom stereocenters. The Balaban J connectivity index is 2.71. The molecule has 1 radical (unpaired) electrons. The van der Waals surface area contributed by atoms with Gasteiger partial charge in [0.1, 0.15) is 0 Å². The molecule has 0 heterocycles. The SMILES string of the molecule is CC(C)[CH]c1cccc(N)c1. The van der Waals surface area contributed by atoms with Gasteiger partial charge in [0.05, 0.1) is 0 Å². The molecule has 0 bridgehead atoms. The summed E-state index contributed by atoms with van der Waals surface area (Å²) in [7, 11) is 0. The second-order valence-corrected chi connectivity index (χ2v) is 3.08. The third-order valence-corrected chi connectivity index (χ3v) is 1.44. The Morgan fingerprint density at radius 1 is 1.36 bits per heavy atom. The number of rotatable bonds is 2. The van der Waals surface area contributed by atoms with E-state index in [2.05, 4.69) is 26.3 Å². The van der Waals surface area contributed by atoms with Crippen molar-refractivity contribution in [2.75, 3.05) is 5.73 Å². The van der Waals surface area contributed by atoms with E-state index < -0.39 is 0 Å². The van der Waals surface area contributed by atoms with Crippen molar-refractivity contribution in [2.45, 2.75) is 13.8 Å². The molecule has 0 fully saturated rings. The van der Waals surface area contributed by atoms with Gasteiger partial charge >= 0.3 is 0 Å². The molecule has 1 heteroatoms. The summed E-state index contributed by atoms with van der Waals surface area (Å²) in [6.07, 6.45) is 2.19. The summed E-state index contributed by atoms with van der Waals surface area (Å²) in [4.78, 5) is 0. The Bertz CT molecular complexity index is 228. The minimum Gasteiger partial charge on any atom is -0.399 e. The molecule has 0 spiro atoms. The van der Waals surface area contributed by atoms with Crippen LogP contribution in [0.15, 0.2) is 24.3 Å². The normalized spacial score (nSPS) is 10.5. The number of nitrogens with two attached hydrogens (primary N) is 1. The smallest absolute Gasteiger partial charge is 0.0316 e. The lowest BCUT2D eigenvalue weighted by Crippen LogP contribution is -1.92. The molecule has 11 heavy (non-hydrogen) atoms. The topological polar surface area (TPSA) is 26.0 Å². The summed E-state index contributed by atoms with van der Waals surface area (Å²) >= 11 is 0. The fraction of sp³-hybridized carbons (Fsp3) is 0.300. The quantitative estimate of drug-likeness (QED) is 0.640. The Hall–Kier alpha value is -0.980. The van der Waals surface area contributed by atoms with Gasteiger partial charge in [0.2, 0.25) is 0 Å². The van der Waals surface area contributed by atoms with Crippen LogP contribution < -0.4 is 5.73 Å². The summed E-state index contributed by atoms with van der Waals surface area (Å²) in [5.41, 5.74) is 7.66. The second-order valence-electron chi connectivity index (χ2n) is 3.08. The first-order valence-corrected chi connectivity index (χ1v) is 3.89. The summed E-state index contributed by atoms with van der Waals surface area (Å²) < 4.78 is 0. The van der Waals surface area contributed by atoms with Crippen molar-refractivity contribution in [3.8, 4) is 0 Å². The fourth-order valence-corrected chi connectivity index (χ4v) is 1.05. The highest BCUT2D eigenvalue weighted by atomic mass is 14.5. The summed E-state index contributed by atoms with van der Waals surface area (Å²) in [6, 6.07) is 7.93. The Morgan fingerprint density at radius 2 is 2.09 bits per heavy atom. The minimum atomic E-state index is 0.580. The molecule has 0 amide bonds. The van der Waals surface area contributed by atoms with E-state index in [9.17, 15) is 0 Å². The predicted octanol–water partition coefficient (Wildman–Crippen LogP) is 2.48. The predicted molar refractivity (Wildman–Crippen MR) is 49.1 cm³/mol. The third-order valence-electron chi connectivity index (χ3n) is 1.44. The molecule has 1 rings (SSSR count). The van der Waals surface area contributed by atoms with E-state index in [1.165, 1.54) is 5.56 Å². The third kappa shape index (κ3) is 2.62. The lowest BCUT2D eigenvalue weighted by Gasteiger charge is -2.03. The lowest BCUT2D eigenvalue weighted by molar-refractivity contribution is 0.777. The molecule has 0 saturated heterocycles. The Labute approximate surface area is 68.2 Å². The monoisotopic (exact) mass is 148 g/mol. The van der Waals surface area contributed by atoms with E-state index in [0.717, 1.165) is 5.69 Å². The van der Waals surface area contributed by atoms with Gasteiger partial charge in [-0.15, -0.1) is 0 Å². The van der Waals surface area contributed by atoms with E-state index in [1.54, 1.807) is 0 Å². The standard InChI is InChI=1S/C10H14N/c1-8(2)6-9-4-3-5-10(11)7-9/h3-8H,11H2,1-2H3. The van der Waals surface area contributed by atoms with Crippen LogP contribution >= 0.6 is 0 Å². The average Bonchev–Trinajstić information content (AvgIpc) is 1.85. The highest BCUT2D eigenvalue weighted by molar-refractivity contribution is 5.43. The van der Waals surface area contributed by atoms with Crippen LogP contribution in [-0.4, -0.2) is 0 Å². The van der Waals surface area contributed by atoms with Crippen molar-refractivity contribution in [3.63, 3.8) is 0 Å². The number of anilines is 1. The van der Waals surface area contributed by atoms with Gasteiger partial charge in [-0.1, -0.05) is 26.0 Å². The van der Waals surface area contributed by atoms with Crippen LogP contribution in [0.3, 0.4) is 0 Å². The molecule has 2 N–H and O–H groups in total. The minimum absolute atomic E-state index is 0.580. The number of benzene rings is 1. The summed E-state index contributed by atoms with van der Waals surface area (Å²) in [5.74, 6) is 0.580. The summed E-state index contributed by atoms with van der Waals surface area (Å²) in [6.45, 7) is 4.31. The van der Waals surface area contributed by atoms with Gasteiger partial charge in [-0.2, -0.15) is 0 Å². The maximum atomic E-state index is 5.61. The van der Waals surface area contributed by atoms with Crippen molar-refractivity contribution in [2.24, 2.45) is 5.92 Å². The number of hydrogen-bond donors (Lipinski definition) is 1. The highest BCUT2D eigenvalue weighted by Gasteiger charge is 1.97. The van der Waals surface area contributed by atoms with Crippen molar-refractivity contribution in [1.29, 1.82) is 0 Å². The molecule has 0 aliphatic heterocycles. The van der Waals surface area contributed by atoms with E-state index in [4.69, 9.17) is 5.73 Å². The molecule has 0 aliphatic carbocycles. The van der Waals surface area contributed by atoms with Crippen LogP contribution in [0.2, 0.25) is 0 Å². The van der Waals surface area contributed by atoms with E-state index in [-0.39, 0.29) is 0 Å². The second kappa shape index (κ2) is 3.42. The number of hydrogen-bond acceptors (Lipinski definition) is 1. The van der Waals surface area contributed by atoms with Crippen molar-refractivity contribution in [3.05, 3.63) is 36.2 Å². The van der Waals surface area contributed by atoms with Crippen molar-refractivity contribution >= 4 is 5.69 Å². The molecule has 0 saturated carbocycles. The molecule has 1 aromatic carbocycles. The Morgan fingerprint density at radius 3 is 2.64 bits per heavy atom. The van der Waals surface area contributed by atoms with Crippen LogP contribution in [-0.2, 0) is 0 Å². The van der Waals surface area contributed by atoms with Gasteiger partial charge in [-0.25, -0.2) is 0 Å². The van der Waals surface area contributed by atoms with Crippen LogP contribution in [0.1, 0.15) is 19.4 Å². The fourth-order valence-electron chi connectivity index (χ4n) is 1.05. The zero-order valence-corrected chi connectivity index (χ0v) is 7.04. The van der Waals surface area contributed by atoms with E-state index in [0.29, 0.717) is 5.92 Å². The molecular formula is C10H14N. The van der Waals surface area contributed by atoms with Gasteiger partial charge in [-0.05, 0) is 30.0 Å². The van der Waals surface area contributed by atoms with Crippen LogP contribution in [0.4, 0.5) is 5.69 Å². The van der Waals surface area contributed by atoms with Crippen molar-refractivity contribution < 1.29 is 0 Å². The highest BCUT2D eigenvalue weighted by Crippen LogP contribution is 2.12. The van der Waals surface area contributed by atoms with Crippen LogP contribution in [0.5, 0.6) is 0 Å². The van der Waals surface area contributed by atoms with E-state index >= 15 is 0 Å². The van der Waals surface area contributed by atoms with Crippen molar-refractivity contribution in [1.82, 2.24) is 0 Å². The molecule has 0 aromatic heterocycles. The first kappa shape index (κ1) is 8.12. The lowest BCUT2D eigenvalue weighted by atomic mass is 10.0. The zero-order valence-electron chi connectivity index (χ0n) is 7.04. The summed E-state index contributed by atoms with van der Waals surface area (Å²) in [5, 5.41) is 0. The molecule has 1 nitrogen and oxygen atoms in total. The maximum absolute atomic E-state index is 5.61. The van der Waals surface area contributed by atoms with Gasteiger partial charge in [0.15, 0.2) is 0 Å². The molecule has 0 aliphatic rings. The number of nitrogen functional groups attached to an aromatic ring is 1. The Kier molecular flexibility index (Phi) is 2.53. The van der Waals surface area contributed by atoms with E-state index in [1.807, 2.05) is 18.2 Å². The largest absolute Gasteiger partial charge is 0.399 e. The zero-order chi connectivity index (χ0) is 8.27. The van der Waals surface area contributed by atoms with Gasteiger partial charge in [0, 0.05) is 5.69 Å². The maximum Gasteiger partial charge on any atom is 0.0316 e. The van der Waals surface area contributed by atoms with Gasteiger partial charge in [0.25, 0.3) is 0 Å². The average molecular weight is 148 g/mol. The van der Waals surface area contributed by atoms with Crippen LogP contribution in [0, 0.1) is 12.3 Å². The molecule has 1 aromatic rings. The van der Waals surface area contributed by atoms with Gasteiger partial charge in [-0.3, -0.25) is 0 Å². The van der Waals surface area contributed by atoms with Gasteiger partial charge < -0.3 is 5.73 Å². The first-order valence-electron chi connectivity index (χ1n) is 3.89. The molecule has 0 atom stereocenters. The van der Waals surface area contributed by atoms with Crippen LogP contribution in [0.25, 0.3) is 0 Å².